The van der Waals surface area contributed by atoms with Crippen LogP contribution in [-0.4, -0.2) is 40.6 Å². The average Bonchev–Trinajstić information content (AvgIpc) is 2.62. The van der Waals surface area contributed by atoms with Gasteiger partial charge in [0, 0.05) is 19.3 Å². The third-order valence-electron chi connectivity index (χ3n) is 4.69. The van der Waals surface area contributed by atoms with Gasteiger partial charge < -0.3 is 20.2 Å². The van der Waals surface area contributed by atoms with Gasteiger partial charge in [-0.2, -0.15) is 4.98 Å². The minimum atomic E-state index is -0.285. The summed E-state index contributed by atoms with van der Waals surface area (Å²) in [5.74, 6) is 1.70. The van der Waals surface area contributed by atoms with Crippen LogP contribution in [0.2, 0.25) is 5.02 Å². The molecule has 27 heavy (non-hydrogen) atoms. The van der Waals surface area contributed by atoms with E-state index >= 15 is 0 Å². The Bertz CT molecular complexity index is 858. The van der Waals surface area contributed by atoms with Gasteiger partial charge in [0.25, 0.3) is 0 Å². The van der Waals surface area contributed by atoms with Crippen molar-refractivity contribution in [1.82, 2.24) is 9.97 Å². The monoisotopic (exact) mass is 389 g/mol. The van der Waals surface area contributed by atoms with Crippen molar-refractivity contribution in [3.05, 3.63) is 29.4 Å². The lowest BCUT2D eigenvalue weighted by Gasteiger charge is -2.39. The summed E-state index contributed by atoms with van der Waals surface area (Å²) >= 11 is 5.96. The highest BCUT2D eigenvalue weighted by atomic mass is 35.5. The lowest BCUT2D eigenvalue weighted by Crippen LogP contribution is -2.51. The first-order chi connectivity index (χ1) is 12.8. The first kappa shape index (κ1) is 19.2. The number of rotatable bonds is 5. The molecular formula is C19H24ClN5O2. The Morgan fingerprint density at radius 3 is 2.78 bits per heavy atom. The van der Waals surface area contributed by atoms with Crippen LogP contribution in [0.25, 0.3) is 0 Å². The largest absolute Gasteiger partial charge is 0.506 e. The van der Waals surface area contributed by atoms with E-state index in [4.69, 9.17) is 11.6 Å². The van der Waals surface area contributed by atoms with Crippen molar-refractivity contribution in [1.29, 1.82) is 0 Å². The van der Waals surface area contributed by atoms with Crippen molar-refractivity contribution in [2.45, 2.75) is 33.2 Å². The molecule has 0 bridgehead atoms. The molecule has 0 radical (unpaired) electrons. The van der Waals surface area contributed by atoms with Crippen molar-refractivity contribution < 1.29 is 9.90 Å². The Morgan fingerprint density at radius 1 is 1.37 bits per heavy atom. The van der Waals surface area contributed by atoms with Crippen LogP contribution in [0.4, 0.5) is 23.1 Å². The van der Waals surface area contributed by atoms with Crippen LogP contribution in [0.1, 0.15) is 27.2 Å². The number of hydrogen-bond donors (Lipinski definition) is 2. The van der Waals surface area contributed by atoms with Crippen LogP contribution in [0.15, 0.2) is 24.4 Å². The highest BCUT2D eigenvalue weighted by Gasteiger charge is 2.35. The van der Waals surface area contributed by atoms with Gasteiger partial charge in [-0.05, 0) is 37.5 Å². The topological polar surface area (TPSA) is 81.6 Å². The van der Waals surface area contributed by atoms with E-state index in [2.05, 4.69) is 29.1 Å². The zero-order chi connectivity index (χ0) is 19.7. The van der Waals surface area contributed by atoms with Gasteiger partial charge in [-0.1, -0.05) is 25.4 Å². The normalized spacial score (nSPS) is 16.7. The number of nitrogens with zero attached hydrogens (tertiary/aromatic N) is 4. The summed E-state index contributed by atoms with van der Waals surface area (Å²) in [5, 5.41) is 12.9. The third kappa shape index (κ3) is 3.93. The Morgan fingerprint density at radius 2 is 2.11 bits per heavy atom. The fourth-order valence-corrected chi connectivity index (χ4v) is 3.18. The Kier molecular flexibility index (Phi) is 5.41. The van der Waals surface area contributed by atoms with Crippen molar-refractivity contribution in [2.24, 2.45) is 5.92 Å². The maximum atomic E-state index is 12.6. The predicted octanol–water partition coefficient (Wildman–Crippen LogP) is 3.80. The maximum Gasteiger partial charge on any atom is 0.249 e. The van der Waals surface area contributed by atoms with E-state index in [1.54, 1.807) is 30.3 Å². The van der Waals surface area contributed by atoms with Gasteiger partial charge in [0.1, 0.15) is 17.5 Å². The van der Waals surface area contributed by atoms with E-state index in [0.717, 1.165) is 18.8 Å². The number of likely N-dealkylation sites (N-methyl/N-ethyl adjacent to an activating group) is 1. The number of fused-ring (bicyclic) bond motifs is 1. The molecule has 1 aliphatic heterocycles. The molecule has 2 N–H and O–H groups in total. The van der Waals surface area contributed by atoms with Gasteiger partial charge in [0.05, 0.1) is 11.2 Å². The van der Waals surface area contributed by atoms with Crippen LogP contribution in [-0.2, 0) is 4.79 Å². The number of anilines is 4. The Balaban J connectivity index is 1.94. The van der Waals surface area contributed by atoms with E-state index in [9.17, 15) is 9.90 Å². The number of aromatic nitrogens is 2. The Labute approximate surface area is 164 Å². The van der Waals surface area contributed by atoms with Crippen LogP contribution < -0.4 is 15.1 Å². The smallest absolute Gasteiger partial charge is 0.249 e. The first-order valence-corrected chi connectivity index (χ1v) is 9.32. The van der Waals surface area contributed by atoms with Gasteiger partial charge in [0.15, 0.2) is 5.82 Å². The second-order valence-electron chi connectivity index (χ2n) is 7.14. The molecule has 0 spiro atoms. The minimum absolute atomic E-state index is 0.0161. The standard InChI is InChI=1S/C19H24ClN5O2/c1-11(2)7-8-25-12(3)18(27)24(4)15-10-21-19(23-17(15)25)22-13-5-6-16(26)14(20)9-13/h5-6,9-12,26H,7-8H2,1-4H3,(H,21,22,23). The van der Waals surface area contributed by atoms with E-state index in [1.807, 2.05) is 11.8 Å². The molecule has 8 heteroatoms. The van der Waals surface area contributed by atoms with Crippen LogP contribution in [0, 0.1) is 5.92 Å². The molecule has 1 aromatic heterocycles. The molecule has 2 aromatic rings. The summed E-state index contributed by atoms with van der Waals surface area (Å²) in [4.78, 5) is 25.2. The second-order valence-corrected chi connectivity index (χ2v) is 7.55. The van der Waals surface area contributed by atoms with Gasteiger partial charge in [0.2, 0.25) is 11.9 Å². The van der Waals surface area contributed by atoms with Gasteiger partial charge >= 0.3 is 0 Å². The first-order valence-electron chi connectivity index (χ1n) is 8.94. The molecule has 1 aliphatic rings. The fraction of sp³-hybridized carbons (Fsp3) is 0.421. The number of halogens is 1. The van der Waals surface area contributed by atoms with Gasteiger partial charge in [-0.15, -0.1) is 0 Å². The highest BCUT2D eigenvalue weighted by Crippen LogP contribution is 2.35. The number of benzene rings is 1. The number of phenols is 1. The second kappa shape index (κ2) is 7.60. The SMILES string of the molecule is CC(C)CCN1c2nc(Nc3ccc(O)c(Cl)c3)ncc2N(C)C(=O)C1C. The molecular weight excluding hydrogens is 366 g/mol. The summed E-state index contributed by atoms with van der Waals surface area (Å²) in [6.07, 6.45) is 2.61. The molecule has 1 atom stereocenters. The number of phenolic OH excluding ortho intramolecular Hbond substituents is 1. The molecule has 1 aromatic carbocycles. The molecule has 1 amide bonds. The molecule has 144 valence electrons. The van der Waals surface area contributed by atoms with Crippen molar-refractivity contribution >= 4 is 40.6 Å². The lowest BCUT2D eigenvalue weighted by molar-refractivity contribution is -0.119. The minimum Gasteiger partial charge on any atom is -0.506 e. The van der Waals surface area contributed by atoms with Crippen molar-refractivity contribution in [3.63, 3.8) is 0 Å². The summed E-state index contributed by atoms with van der Waals surface area (Å²) in [5.41, 5.74) is 1.36. The van der Waals surface area contributed by atoms with Crippen LogP contribution in [0.3, 0.4) is 0 Å². The third-order valence-corrected chi connectivity index (χ3v) is 4.99. The van der Waals surface area contributed by atoms with E-state index in [1.165, 1.54) is 6.07 Å². The molecule has 3 rings (SSSR count). The molecule has 0 saturated carbocycles. The highest BCUT2D eigenvalue weighted by molar-refractivity contribution is 6.32. The number of amides is 1. The maximum absolute atomic E-state index is 12.6. The number of nitrogens with one attached hydrogen (secondary N) is 1. The number of carbonyl (C=O) groups excluding carboxylic acids is 1. The van der Waals surface area contributed by atoms with E-state index in [-0.39, 0.29) is 22.7 Å². The zero-order valence-corrected chi connectivity index (χ0v) is 16.7. The number of aromatic hydroxyl groups is 1. The number of hydrogen-bond acceptors (Lipinski definition) is 6. The molecule has 1 unspecified atom stereocenters. The molecule has 0 saturated heterocycles. The summed E-state index contributed by atoms with van der Waals surface area (Å²) in [7, 11) is 1.74. The van der Waals surface area contributed by atoms with Crippen molar-refractivity contribution in [2.75, 3.05) is 28.7 Å². The summed E-state index contributed by atoms with van der Waals surface area (Å²) in [6, 6.07) is 4.52. The number of carbonyl (C=O) groups is 1. The average molecular weight is 390 g/mol. The molecule has 7 nitrogen and oxygen atoms in total. The van der Waals surface area contributed by atoms with Gasteiger partial charge in [-0.25, -0.2) is 4.98 Å². The van der Waals surface area contributed by atoms with Crippen LogP contribution in [0.5, 0.6) is 5.75 Å². The van der Waals surface area contributed by atoms with Gasteiger partial charge in [-0.3, -0.25) is 4.79 Å². The lowest BCUT2D eigenvalue weighted by atomic mass is 10.1. The fourth-order valence-electron chi connectivity index (χ4n) is 3.00. The summed E-state index contributed by atoms with van der Waals surface area (Å²) in [6.45, 7) is 6.96. The van der Waals surface area contributed by atoms with E-state index in [0.29, 0.717) is 23.2 Å². The van der Waals surface area contributed by atoms with E-state index < -0.39 is 0 Å². The molecule has 0 aliphatic carbocycles. The quantitative estimate of drug-likeness (QED) is 0.757. The molecule has 2 heterocycles. The molecule has 0 fully saturated rings. The van der Waals surface area contributed by atoms with Crippen molar-refractivity contribution in [3.8, 4) is 5.75 Å². The predicted molar refractivity (Wildman–Crippen MR) is 108 cm³/mol. The zero-order valence-electron chi connectivity index (χ0n) is 15.9. The van der Waals surface area contributed by atoms with Crippen LogP contribution >= 0.6 is 11.6 Å². The Hall–Kier alpha value is -2.54. The summed E-state index contributed by atoms with van der Waals surface area (Å²) < 4.78 is 0.